The third-order valence-electron chi connectivity index (χ3n) is 4.32. The van der Waals surface area contributed by atoms with E-state index < -0.39 is 0 Å². The largest absolute Gasteiger partial charge is 0.487 e. The van der Waals surface area contributed by atoms with Gasteiger partial charge in [0.05, 0.1) is 6.04 Å². The summed E-state index contributed by atoms with van der Waals surface area (Å²) in [6.45, 7) is 8.12. The highest BCUT2D eigenvalue weighted by Crippen LogP contribution is 2.39. The maximum absolute atomic E-state index is 12.4. The lowest BCUT2D eigenvalue weighted by molar-refractivity contribution is -0.124. The van der Waals surface area contributed by atoms with Crippen LogP contribution in [0, 0.1) is 13.8 Å². The van der Waals surface area contributed by atoms with Crippen molar-refractivity contribution in [3.05, 3.63) is 59.2 Å². The molecular weight excluding hydrogens is 314 g/mol. The predicted molar refractivity (Wildman–Crippen MR) is 98.1 cm³/mol. The molecule has 1 heterocycles. The number of ether oxygens (including phenoxy) is 2. The summed E-state index contributed by atoms with van der Waals surface area (Å²) in [7, 11) is 0. The molecule has 0 radical (unpaired) electrons. The van der Waals surface area contributed by atoms with Crippen molar-refractivity contribution in [2.75, 3.05) is 6.61 Å². The van der Waals surface area contributed by atoms with Crippen LogP contribution in [0.1, 0.15) is 43.0 Å². The Morgan fingerprint density at radius 2 is 1.96 bits per heavy atom. The second-order valence-corrected chi connectivity index (χ2v) is 7.33. The number of carbonyl (C=O) groups is 1. The van der Waals surface area contributed by atoms with Crippen LogP contribution in [0.2, 0.25) is 0 Å². The minimum absolute atomic E-state index is 0.00237. The molecule has 2 aromatic carbocycles. The molecule has 0 bridgehead atoms. The summed E-state index contributed by atoms with van der Waals surface area (Å²) in [5.41, 5.74) is 2.96. The Balaban J connectivity index is 1.69. The van der Waals surface area contributed by atoms with E-state index in [4.69, 9.17) is 9.47 Å². The second kappa shape index (κ2) is 6.79. The number of hydrogen-bond acceptors (Lipinski definition) is 3. The van der Waals surface area contributed by atoms with Gasteiger partial charge in [-0.15, -0.1) is 0 Å². The zero-order valence-electron chi connectivity index (χ0n) is 15.3. The lowest BCUT2D eigenvalue weighted by Crippen LogP contribution is -2.42. The first-order valence-electron chi connectivity index (χ1n) is 8.61. The van der Waals surface area contributed by atoms with Gasteiger partial charge in [0, 0.05) is 12.0 Å². The fourth-order valence-corrected chi connectivity index (χ4v) is 3.19. The molecule has 4 heteroatoms. The molecule has 2 aromatic rings. The Kier molecular flexibility index (Phi) is 4.71. The normalized spacial score (nSPS) is 18.0. The van der Waals surface area contributed by atoms with Gasteiger partial charge in [-0.3, -0.25) is 4.79 Å². The van der Waals surface area contributed by atoms with Crippen LogP contribution in [0.4, 0.5) is 0 Å². The molecule has 0 saturated heterocycles. The van der Waals surface area contributed by atoms with Gasteiger partial charge in [0.1, 0.15) is 17.1 Å². The van der Waals surface area contributed by atoms with Crippen LogP contribution in [0.25, 0.3) is 0 Å². The first-order chi connectivity index (χ1) is 11.8. The molecule has 1 amide bonds. The Bertz CT molecular complexity index is 782. The summed E-state index contributed by atoms with van der Waals surface area (Å²) >= 11 is 0. The highest BCUT2D eigenvalue weighted by molar-refractivity contribution is 5.78. The highest BCUT2D eigenvalue weighted by Gasteiger charge is 2.34. The van der Waals surface area contributed by atoms with Gasteiger partial charge in [0.25, 0.3) is 5.91 Å². The van der Waals surface area contributed by atoms with Gasteiger partial charge in [0.15, 0.2) is 6.61 Å². The molecule has 3 rings (SSSR count). The standard InChI is InChI=1S/C21H25NO3/c1-14-6-5-7-16(10-14)24-13-20(23)22-18-12-21(3,4)25-19-9-8-15(2)11-17(18)19/h5-11,18H,12-13H2,1-4H3,(H,22,23). The fraction of sp³-hybridized carbons (Fsp3) is 0.381. The summed E-state index contributed by atoms with van der Waals surface area (Å²) < 4.78 is 11.7. The SMILES string of the molecule is Cc1cccc(OCC(=O)NC2CC(C)(C)Oc3ccc(C)cc32)c1. The molecule has 132 valence electrons. The zero-order valence-corrected chi connectivity index (χ0v) is 15.3. The fourth-order valence-electron chi connectivity index (χ4n) is 3.19. The van der Waals surface area contributed by atoms with Crippen LogP contribution in [0.5, 0.6) is 11.5 Å². The van der Waals surface area contributed by atoms with Crippen molar-refractivity contribution in [2.24, 2.45) is 0 Å². The van der Waals surface area contributed by atoms with E-state index in [2.05, 4.69) is 11.4 Å². The summed E-state index contributed by atoms with van der Waals surface area (Å²) in [5, 5.41) is 3.10. The molecule has 0 aromatic heterocycles. The van der Waals surface area contributed by atoms with E-state index in [1.54, 1.807) is 0 Å². The monoisotopic (exact) mass is 339 g/mol. The van der Waals surface area contributed by atoms with Crippen molar-refractivity contribution in [2.45, 2.75) is 45.8 Å². The smallest absolute Gasteiger partial charge is 0.258 e. The molecule has 1 atom stereocenters. The molecule has 1 N–H and O–H groups in total. The molecule has 1 aliphatic rings. The van der Waals surface area contributed by atoms with E-state index in [9.17, 15) is 4.79 Å². The summed E-state index contributed by atoms with van der Waals surface area (Å²) in [6, 6.07) is 13.7. The van der Waals surface area contributed by atoms with E-state index in [1.165, 1.54) is 0 Å². The van der Waals surface area contributed by atoms with E-state index in [0.717, 1.165) is 28.9 Å². The second-order valence-electron chi connectivity index (χ2n) is 7.33. The number of nitrogens with one attached hydrogen (secondary N) is 1. The van der Waals surface area contributed by atoms with Crippen molar-refractivity contribution < 1.29 is 14.3 Å². The summed E-state index contributed by atoms with van der Waals surface area (Å²) in [4.78, 5) is 12.4. The van der Waals surface area contributed by atoms with Crippen LogP contribution in [-0.4, -0.2) is 18.1 Å². The number of hydrogen-bond donors (Lipinski definition) is 1. The molecule has 1 unspecified atom stereocenters. The van der Waals surface area contributed by atoms with E-state index in [1.807, 2.05) is 64.1 Å². The van der Waals surface area contributed by atoms with Crippen molar-refractivity contribution in [3.8, 4) is 11.5 Å². The minimum Gasteiger partial charge on any atom is -0.487 e. The van der Waals surface area contributed by atoms with E-state index in [-0.39, 0.29) is 24.2 Å². The molecule has 0 saturated carbocycles. The van der Waals surface area contributed by atoms with Gasteiger partial charge in [0.2, 0.25) is 0 Å². The number of rotatable bonds is 4. The number of benzene rings is 2. The van der Waals surface area contributed by atoms with Crippen LogP contribution < -0.4 is 14.8 Å². The number of carbonyl (C=O) groups excluding carboxylic acids is 1. The Hall–Kier alpha value is -2.49. The van der Waals surface area contributed by atoms with Crippen molar-refractivity contribution in [3.63, 3.8) is 0 Å². The van der Waals surface area contributed by atoms with Crippen LogP contribution >= 0.6 is 0 Å². The zero-order chi connectivity index (χ0) is 18.0. The third kappa shape index (κ3) is 4.32. The number of fused-ring (bicyclic) bond motifs is 1. The average Bonchev–Trinajstić information content (AvgIpc) is 2.53. The average molecular weight is 339 g/mol. The summed E-state index contributed by atoms with van der Waals surface area (Å²) in [6.07, 6.45) is 0.722. The maximum Gasteiger partial charge on any atom is 0.258 e. The van der Waals surface area contributed by atoms with E-state index in [0.29, 0.717) is 5.75 Å². The van der Waals surface area contributed by atoms with Crippen molar-refractivity contribution in [1.82, 2.24) is 5.32 Å². The number of amides is 1. The molecule has 4 nitrogen and oxygen atoms in total. The van der Waals surface area contributed by atoms with Gasteiger partial charge in [-0.2, -0.15) is 0 Å². The molecule has 25 heavy (non-hydrogen) atoms. The van der Waals surface area contributed by atoms with Gasteiger partial charge in [-0.25, -0.2) is 0 Å². The Morgan fingerprint density at radius 1 is 1.20 bits per heavy atom. The Morgan fingerprint density at radius 3 is 2.72 bits per heavy atom. The van der Waals surface area contributed by atoms with Gasteiger partial charge in [-0.1, -0.05) is 29.8 Å². The molecular formula is C21H25NO3. The van der Waals surface area contributed by atoms with E-state index >= 15 is 0 Å². The lowest BCUT2D eigenvalue weighted by atomic mass is 9.89. The molecule has 0 fully saturated rings. The lowest BCUT2D eigenvalue weighted by Gasteiger charge is -2.38. The van der Waals surface area contributed by atoms with Gasteiger partial charge < -0.3 is 14.8 Å². The van der Waals surface area contributed by atoms with Gasteiger partial charge in [-0.05, 0) is 51.5 Å². The van der Waals surface area contributed by atoms with Crippen molar-refractivity contribution >= 4 is 5.91 Å². The first-order valence-corrected chi connectivity index (χ1v) is 8.61. The van der Waals surface area contributed by atoms with Crippen LogP contribution in [0.3, 0.4) is 0 Å². The van der Waals surface area contributed by atoms with Crippen LogP contribution in [-0.2, 0) is 4.79 Å². The topological polar surface area (TPSA) is 47.6 Å². The summed E-state index contributed by atoms with van der Waals surface area (Å²) in [5.74, 6) is 1.42. The predicted octanol–water partition coefficient (Wildman–Crippen LogP) is 4.10. The van der Waals surface area contributed by atoms with Crippen LogP contribution in [0.15, 0.2) is 42.5 Å². The highest BCUT2D eigenvalue weighted by atomic mass is 16.5. The maximum atomic E-state index is 12.4. The molecule has 0 aliphatic carbocycles. The van der Waals surface area contributed by atoms with Crippen molar-refractivity contribution in [1.29, 1.82) is 0 Å². The number of aryl methyl sites for hydroxylation is 2. The Labute approximate surface area is 149 Å². The first kappa shape index (κ1) is 17.3. The quantitative estimate of drug-likeness (QED) is 0.912. The molecule has 1 aliphatic heterocycles. The minimum atomic E-state index is -0.322. The van der Waals surface area contributed by atoms with Gasteiger partial charge >= 0.3 is 0 Å². The third-order valence-corrected chi connectivity index (χ3v) is 4.32. The molecule has 0 spiro atoms.